The molecule has 1 amide bonds. The lowest BCUT2D eigenvalue weighted by molar-refractivity contribution is -0.115. The van der Waals surface area contributed by atoms with E-state index in [0.29, 0.717) is 16.7 Å². The number of hydrogen-bond acceptors (Lipinski definition) is 6. The van der Waals surface area contributed by atoms with E-state index in [2.05, 4.69) is 10.3 Å². The Morgan fingerprint density at radius 1 is 1.13 bits per heavy atom. The number of hydrogen-bond donors (Lipinski definition) is 1. The average Bonchev–Trinajstić information content (AvgIpc) is 3.48. The smallest absolute Gasteiger partial charge is 0.249 e. The fraction of sp³-hybridized carbons (Fsp3) is 0.174. The quantitative estimate of drug-likeness (QED) is 0.598. The van der Waals surface area contributed by atoms with Crippen molar-refractivity contribution < 1.29 is 14.3 Å². The van der Waals surface area contributed by atoms with Crippen LogP contribution in [-0.2, 0) is 4.79 Å². The van der Waals surface area contributed by atoms with Crippen LogP contribution in [0.1, 0.15) is 5.56 Å². The number of rotatable bonds is 6. The Labute approximate surface area is 184 Å². The minimum Gasteiger partial charge on any atom is -0.493 e. The summed E-state index contributed by atoms with van der Waals surface area (Å²) in [4.78, 5) is 16.6. The predicted octanol–water partition coefficient (Wildman–Crippen LogP) is 3.79. The van der Waals surface area contributed by atoms with Gasteiger partial charge in [-0.1, -0.05) is 30.0 Å². The standard InChI is InChI=1S/C23H22N4O3S/c1-29-19-10-8-16(14-20(19)30-2)22-17(9-11-21(28)25-23-24-12-13-31-23)15-27(26-22)18-6-4-3-5-7-18/h3-11,14-15H,12-13H2,1-2H3,(H,24,25,28). The summed E-state index contributed by atoms with van der Waals surface area (Å²) >= 11 is 1.54. The van der Waals surface area contributed by atoms with Crippen LogP contribution in [0.25, 0.3) is 23.0 Å². The second-order valence-corrected chi connectivity index (χ2v) is 7.72. The average molecular weight is 435 g/mol. The van der Waals surface area contributed by atoms with E-state index in [1.54, 1.807) is 36.7 Å². The zero-order valence-electron chi connectivity index (χ0n) is 17.2. The summed E-state index contributed by atoms with van der Waals surface area (Å²) in [5.41, 5.74) is 3.29. The number of benzene rings is 2. The number of para-hydroxylation sites is 1. The van der Waals surface area contributed by atoms with Crippen molar-refractivity contribution in [2.75, 3.05) is 26.5 Å². The van der Waals surface area contributed by atoms with Crippen LogP contribution in [0.4, 0.5) is 0 Å². The molecule has 1 aromatic heterocycles. The van der Waals surface area contributed by atoms with Crippen molar-refractivity contribution in [3.8, 4) is 28.4 Å². The van der Waals surface area contributed by atoms with Crippen LogP contribution in [0, 0.1) is 0 Å². The number of thioether (sulfide) groups is 1. The molecule has 0 atom stereocenters. The number of nitrogens with one attached hydrogen (secondary N) is 1. The third-order valence-corrected chi connectivity index (χ3v) is 5.54. The number of carbonyl (C=O) groups excluding carboxylic acids is 1. The van der Waals surface area contributed by atoms with Gasteiger partial charge >= 0.3 is 0 Å². The first kappa shape index (κ1) is 20.7. The maximum Gasteiger partial charge on any atom is 0.249 e. The maximum atomic E-state index is 12.3. The Hall–Kier alpha value is -3.52. The van der Waals surface area contributed by atoms with Crippen LogP contribution in [0.2, 0.25) is 0 Å². The Morgan fingerprint density at radius 3 is 2.65 bits per heavy atom. The Bertz CT molecular complexity index is 1140. The number of aliphatic imine (C=N–C) groups is 1. The number of aromatic nitrogens is 2. The Morgan fingerprint density at radius 2 is 1.94 bits per heavy atom. The maximum absolute atomic E-state index is 12.3. The molecule has 2 aromatic carbocycles. The highest BCUT2D eigenvalue weighted by molar-refractivity contribution is 8.14. The number of nitrogens with zero attached hydrogens (tertiary/aromatic N) is 3. The lowest BCUT2D eigenvalue weighted by Gasteiger charge is -2.09. The Balaban J connectivity index is 1.70. The molecule has 1 aliphatic heterocycles. The highest BCUT2D eigenvalue weighted by Gasteiger charge is 2.14. The SMILES string of the molecule is COc1ccc(-c2nn(-c3ccccc3)cc2C=CC(=O)NC2=NCCS2)cc1OC. The molecule has 7 nitrogen and oxygen atoms in total. The molecular weight excluding hydrogens is 412 g/mol. The summed E-state index contributed by atoms with van der Waals surface area (Å²) in [6, 6.07) is 15.4. The molecule has 0 saturated heterocycles. The van der Waals surface area contributed by atoms with Gasteiger partial charge in [-0.05, 0) is 36.4 Å². The van der Waals surface area contributed by atoms with Crippen molar-refractivity contribution in [2.24, 2.45) is 4.99 Å². The van der Waals surface area contributed by atoms with Gasteiger partial charge in [0.15, 0.2) is 16.7 Å². The zero-order chi connectivity index (χ0) is 21.6. The van der Waals surface area contributed by atoms with Crippen LogP contribution in [0.3, 0.4) is 0 Å². The monoisotopic (exact) mass is 434 g/mol. The van der Waals surface area contributed by atoms with Gasteiger partial charge in [0.2, 0.25) is 5.91 Å². The zero-order valence-corrected chi connectivity index (χ0v) is 18.1. The number of methoxy groups -OCH3 is 2. The van der Waals surface area contributed by atoms with Gasteiger partial charge in [-0.15, -0.1) is 0 Å². The van der Waals surface area contributed by atoms with E-state index in [4.69, 9.17) is 14.6 Å². The van der Waals surface area contributed by atoms with Gasteiger partial charge in [0.05, 0.1) is 26.5 Å². The van der Waals surface area contributed by atoms with E-state index >= 15 is 0 Å². The van der Waals surface area contributed by atoms with E-state index < -0.39 is 0 Å². The molecule has 0 aliphatic carbocycles. The van der Waals surface area contributed by atoms with Gasteiger partial charge in [-0.25, -0.2) is 4.68 Å². The third kappa shape index (κ3) is 4.80. The van der Waals surface area contributed by atoms with E-state index in [0.717, 1.165) is 34.8 Å². The molecule has 8 heteroatoms. The fourth-order valence-corrected chi connectivity index (χ4v) is 3.88. The lowest BCUT2D eigenvalue weighted by Crippen LogP contribution is -2.25. The third-order valence-electron chi connectivity index (χ3n) is 4.65. The van der Waals surface area contributed by atoms with Crippen molar-refractivity contribution >= 4 is 28.9 Å². The van der Waals surface area contributed by atoms with Gasteiger partial charge in [0.1, 0.15) is 5.69 Å². The van der Waals surface area contributed by atoms with Crippen molar-refractivity contribution in [3.05, 3.63) is 66.4 Å². The van der Waals surface area contributed by atoms with E-state index in [1.807, 2.05) is 54.7 Å². The molecule has 31 heavy (non-hydrogen) atoms. The summed E-state index contributed by atoms with van der Waals surface area (Å²) in [6.07, 6.45) is 5.15. The molecule has 0 saturated carbocycles. The molecule has 3 aromatic rings. The first-order valence-corrected chi connectivity index (χ1v) is 10.7. The summed E-state index contributed by atoms with van der Waals surface area (Å²) in [6.45, 7) is 0.733. The van der Waals surface area contributed by atoms with Gasteiger partial charge in [0.25, 0.3) is 0 Å². The van der Waals surface area contributed by atoms with E-state index in [-0.39, 0.29) is 5.91 Å². The molecule has 0 unspecified atom stereocenters. The van der Waals surface area contributed by atoms with Crippen molar-refractivity contribution in [2.45, 2.75) is 0 Å². The highest BCUT2D eigenvalue weighted by atomic mass is 32.2. The molecule has 158 valence electrons. The lowest BCUT2D eigenvalue weighted by atomic mass is 10.1. The molecule has 2 heterocycles. The number of amides is 1. The second-order valence-electron chi connectivity index (χ2n) is 6.64. The minimum absolute atomic E-state index is 0.223. The Kier molecular flexibility index (Phi) is 6.37. The van der Waals surface area contributed by atoms with E-state index in [1.165, 1.54) is 6.08 Å². The molecule has 1 N–H and O–H groups in total. The molecule has 0 radical (unpaired) electrons. The van der Waals surface area contributed by atoms with Gasteiger partial charge in [-0.2, -0.15) is 5.10 Å². The first-order valence-electron chi connectivity index (χ1n) is 9.71. The topological polar surface area (TPSA) is 77.7 Å². The van der Waals surface area contributed by atoms with Crippen LogP contribution < -0.4 is 14.8 Å². The molecule has 0 fully saturated rings. The molecule has 1 aliphatic rings. The summed E-state index contributed by atoms with van der Waals surface area (Å²) in [5, 5.41) is 8.24. The van der Waals surface area contributed by atoms with E-state index in [9.17, 15) is 4.79 Å². The van der Waals surface area contributed by atoms with Gasteiger partial charge < -0.3 is 14.8 Å². The summed E-state index contributed by atoms with van der Waals surface area (Å²) in [5.74, 6) is 1.92. The highest BCUT2D eigenvalue weighted by Crippen LogP contribution is 2.33. The van der Waals surface area contributed by atoms with Crippen molar-refractivity contribution in [3.63, 3.8) is 0 Å². The van der Waals surface area contributed by atoms with Crippen molar-refractivity contribution in [1.82, 2.24) is 15.1 Å². The summed E-state index contributed by atoms with van der Waals surface area (Å²) in [7, 11) is 3.19. The predicted molar refractivity (Wildman–Crippen MR) is 124 cm³/mol. The van der Waals surface area contributed by atoms with Gasteiger partial charge in [-0.3, -0.25) is 9.79 Å². The largest absolute Gasteiger partial charge is 0.493 e. The minimum atomic E-state index is -0.223. The normalized spacial score (nSPS) is 13.3. The number of ether oxygens (including phenoxy) is 2. The molecule has 0 bridgehead atoms. The molecule has 0 spiro atoms. The number of carbonyl (C=O) groups is 1. The summed E-state index contributed by atoms with van der Waals surface area (Å²) < 4.78 is 12.6. The van der Waals surface area contributed by atoms with Crippen LogP contribution in [0.15, 0.2) is 65.8 Å². The van der Waals surface area contributed by atoms with Crippen LogP contribution in [0.5, 0.6) is 11.5 Å². The molecule has 4 rings (SSSR count). The van der Waals surface area contributed by atoms with Gasteiger partial charge in [0, 0.05) is 29.2 Å². The molecular formula is C23H22N4O3S. The second kappa shape index (κ2) is 9.53. The number of amidine groups is 1. The van der Waals surface area contributed by atoms with Crippen molar-refractivity contribution in [1.29, 1.82) is 0 Å². The fourth-order valence-electron chi connectivity index (χ4n) is 3.15. The van der Waals surface area contributed by atoms with Crippen LogP contribution in [-0.4, -0.2) is 47.4 Å². The first-order chi connectivity index (χ1) is 15.2. The van der Waals surface area contributed by atoms with Crippen LogP contribution >= 0.6 is 11.8 Å².